The first-order chi connectivity index (χ1) is 7.59. The zero-order chi connectivity index (χ0) is 12.0. The Hall–Kier alpha value is -1.10. The van der Waals surface area contributed by atoms with Crippen LogP contribution in [-0.4, -0.2) is 18.4 Å². The third-order valence-corrected chi connectivity index (χ3v) is 1.79. The van der Waals surface area contributed by atoms with E-state index in [1.54, 1.807) is 12.1 Å². The Balaban J connectivity index is 0.00000256. The second-order valence-corrected chi connectivity index (χ2v) is 3.14. The van der Waals surface area contributed by atoms with Crippen LogP contribution in [0, 0.1) is 0 Å². The monoisotopic (exact) mass is 242 g/mol. The van der Waals surface area contributed by atoms with Crippen molar-refractivity contribution in [2.24, 2.45) is 0 Å². The van der Waals surface area contributed by atoms with Crippen molar-refractivity contribution in [1.29, 1.82) is 0 Å². The van der Waals surface area contributed by atoms with Crippen LogP contribution in [0.5, 0.6) is 0 Å². The van der Waals surface area contributed by atoms with Gasteiger partial charge in [0.25, 0.3) is 0 Å². The molecular formula is C12H11NaO4. The smallest absolute Gasteiger partial charge is 0.546 e. The summed E-state index contributed by atoms with van der Waals surface area (Å²) in [6.07, 6.45) is 1.49. The van der Waals surface area contributed by atoms with Gasteiger partial charge >= 0.3 is 29.6 Å². The first-order valence-electron chi connectivity index (χ1n) is 4.70. The van der Waals surface area contributed by atoms with Crippen LogP contribution >= 0.6 is 0 Å². The molecule has 1 rings (SSSR count). The van der Waals surface area contributed by atoms with Crippen molar-refractivity contribution in [3.05, 3.63) is 41.7 Å². The minimum absolute atomic E-state index is 0. The molecule has 0 aliphatic carbocycles. The Morgan fingerprint density at radius 2 is 1.88 bits per heavy atom. The number of ether oxygens (including phenoxy) is 1. The van der Waals surface area contributed by atoms with Gasteiger partial charge in [0.05, 0.1) is 5.97 Å². The number of ketones is 1. The van der Waals surface area contributed by atoms with E-state index < -0.39 is 12.6 Å². The molecule has 0 saturated carbocycles. The van der Waals surface area contributed by atoms with Gasteiger partial charge in [0.1, 0.15) is 6.61 Å². The van der Waals surface area contributed by atoms with Gasteiger partial charge in [-0.15, -0.1) is 0 Å². The molecule has 0 aliphatic heterocycles. The molecule has 0 saturated heterocycles. The molecule has 0 aromatic heterocycles. The van der Waals surface area contributed by atoms with E-state index in [0.29, 0.717) is 0 Å². The zero-order valence-corrected chi connectivity index (χ0v) is 11.8. The Morgan fingerprint density at radius 3 is 2.35 bits per heavy atom. The Morgan fingerprint density at radius 1 is 1.29 bits per heavy atom. The van der Waals surface area contributed by atoms with Crippen molar-refractivity contribution < 1.29 is 49.0 Å². The Kier molecular flexibility index (Phi) is 7.54. The van der Waals surface area contributed by atoms with Crippen LogP contribution in [0.3, 0.4) is 0 Å². The van der Waals surface area contributed by atoms with Crippen LogP contribution in [0.4, 0.5) is 0 Å². The fourth-order valence-corrected chi connectivity index (χ4v) is 1.08. The van der Waals surface area contributed by atoms with Gasteiger partial charge in [0.2, 0.25) is 0 Å². The van der Waals surface area contributed by atoms with Gasteiger partial charge in [-0.25, -0.2) is 0 Å². The molecule has 5 heteroatoms. The van der Waals surface area contributed by atoms with Gasteiger partial charge in [-0.05, 0) is 11.6 Å². The topological polar surface area (TPSA) is 66.4 Å². The Bertz CT molecular complexity index is 412. The summed E-state index contributed by atoms with van der Waals surface area (Å²) in [5.41, 5.74) is 0.769. The number of benzene rings is 1. The number of carbonyl (C=O) groups excluding carboxylic acids is 2. The predicted molar refractivity (Wildman–Crippen MR) is 56.1 cm³/mol. The molecule has 0 N–H and O–H groups in total. The number of hydrogen-bond acceptors (Lipinski definition) is 4. The van der Waals surface area contributed by atoms with Gasteiger partial charge in [0, 0.05) is 6.92 Å². The molecule has 84 valence electrons. The van der Waals surface area contributed by atoms with Crippen molar-refractivity contribution >= 4 is 17.8 Å². The number of rotatable bonds is 5. The van der Waals surface area contributed by atoms with E-state index in [4.69, 9.17) is 4.74 Å². The number of carboxylic acids is 1. The van der Waals surface area contributed by atoms with Crippen LogP contribution in [0.2, 0.25) is 0 Å². The quantitative estimate of drug-likeness (QED) is 0.322. The van der Waals surface area contributed by atoms with Gasteiger partial charge in [-0.3, -0.25) is 4.79 Å². The van der Waals surface area contributed by atoms with Crippen LogP contribution < -0.4 is 34.7 Å². The molecule has 4 nitrogen and oxygen atoms in total. The minimum atomic E-state index is -1.36. The maximum atomic E-state index is 11.2. The SMILES string of the molecule is CC(=O)C(=Cc1ccccc1)OCC(=O)[O-].[Na+]. The normalized spacial score (nSPS) is 10.3. The van der Waals surface area contributed by atoms with Crippen molar-refractivity contribution in [2.45, 2.75) is 6.92 Å². The molecule has 0 fully saturated rings. The average Bonchev–Trinajstić information content (AvgIpc) is 2.25. The molecule has 0 heterocycles. The first kappa shape index (κ1) is 15.9. The van der Waals surface area contributed by atoms with Gasteiger partial charge in [-0.2, -0.15) is 0 Å². The van der Waals surface area contributed by atoms with Gasteiger partial charge < -0.3 is 14.6 Å². The molecule has 1 aromatic carbocycles. The van der Waals surface area contributed by atoms with Crippen molar-refractivity contribution in [1.82, 2.24) is 0 Å². The fraction of sp³-hybridized carbons (Fsp3) is 0.167. The van der Waals surface area contributed by atoms with E-state index >= 15 is 0 Å². The third-order valence-electron chi connectivity index (χ3n) is 1.79. The van der Waals surface area contributed by atoms with Gasteiger partial charge in [-0.1, -0.05) is 30.3 Å². The molecule has 0 aliphatic rings. The second-order valence-electron chi connectivity index (χ2n) is 3.14. The van der Waals surface area contributed by atoms with E-state index in [9.17, 15) is 14.7 Å². The molecule has 1 aromatic rings. The van der Waals surface area contributed by atoms with E-state index in [1.807, 2.05) is 18.2 Å². The van der Waals surface area contributed by atoms with Crippen LogP contribution in [0.15, 0.2) is 36.1 Å². The predicted octanol–water partition coefficient (Wildman–Crippen LogP) is -2.61. The number of hydrogen-bond donors (Lipinski definition) is 0. The van der Waals surface area contributed by atoms with E-state index in [1.165, 1.54) is 13.0 Å². The molecule has 0 bridgehead atoms. The largest absolute Gasteiger partial charge is 1.00 e. The molecule has 17 heavy (non-hydrogen) atoms. The molecule has 0 amide bonds. The Labute approximate surface area is 122 Å². The number of carboxylic acid groups (broad SMARTS) is 1. The summed E-state index contributed by atoms with van der Waals surface area (Å²) in [4.78, 5) is 21.4. The molecular weight excluding hydrogens is 231 g/mol. The number of carbonyl (C=O) groups is 2. The van der Waals surface area contributed by atoms with E-state index in [2.05, 4.69) is 0 Å². The summed E-state index contributed by atoms with van der Waals surface area (Å²) in [7, 11) is 0. The molecule has 0 unspecified atom stereocenters. The second kappa shape index (κ2) is 8.06. The van der Waals surface area contributed by atoms with Crippen LogP contribution in [0.25, 0.3) is 6.08 Å². The van der Waals surface area contributed by atoms with Crippen molar-refractivity contribution in [2.75, 3.05) is 6.61 Å². The average molecular weight is 242 g/mol. The molecule has 0 radical (unpaired) electrons. The molecule has 0 atom stereocenters. The first-order valence-corrected chi connectivity index (χ1v) is 4.70. The fourth-order valence-electron chi connectivity index (χ4n) is 1.08. The van der Waals surface area contributed by atoms with Crippen molar-refractivity contribution in [3.8, 4) is 0 Å². The summed E-state index contributed by atoms with van der Waals surface area (Å²) < 4.78 is 4.82. The molecule has 0 spiro atoms. The number of allylic oxidation sites excluding steroid dienone is 1. The van der Waals surface area contributed by atoms with E-state index in [0.717, 1.165) is 5.56 Å². The maximum Gasteiger partial charge on any atom is 1.00 e. The third kappa shape index (κ3) is 6.26. The summed E-state index contributed by atoms with van der Waals surface area (Å²) in [6, 6.07) is 9.02. The van der Waals surface area contributed by atoms with Crippen LogP contribution in [0.1, 0.15) is 12.5 Å². The van der Waals surface area contributed by atoms with Crippen molar-refractivity contribution in [3.63, 3.8) is 0 Å². The summed E-state index contributed by atoms with van der Waals surface area (Å²) in [5, 5.41) is 10.2. The zero-order valence-electron chi connectivity index (χ0n) is 9.80. The van der Waals surface area contributed by atoms with E-state index in [-0.39, 0.29) is 41.1 Å². The van der Waals surface area contributed by atoms with Crippen LogP contribution in [-0.2, 0) is 14.3 Å². The number of aliphatic carboxylic acids is 1. The maximum absolute atomic E-state index is 11.2. The minimum Gasteiger partial charge on any atom is -0.546 e. The summed E-state index contributed by atoms with van der Waals surface area (Å²) in [5.74, 6) is -1.68. The van der Waals surface area contributed by atoms with Gasteiger partial charge in [0.15, 0.2) is 11.5 Å². The summed E-state index contributed by atoms with van der Waals surface area (Å²) in [6.45, 7) is 0.683. The standard InChI is InChI=1S/C12H12O4.Na/c1-9(13)11(16-8-12(14)15)7-10-5-3-2-4-6-10;/h2-7H,8H2,1H3,(H,14,15);/q;+1/p-1. The number of Topliss-reactive ketones (excluding diaryl/α,β-unsaturated/α-hetero) is 1. The summed E-state index contributed by atoms with van der Waals surface area (Å²) >= 11 is 0.